The quantitative estimate of drug-likeness (QED) is 0.792. The fourth-order valence-electron chi connectivity index (χ4n) is 5.43. The van der Waals surface area contributed by atoms with E-state index in [0.29, 0.717) is 36.0 Å². The summed E-state index contributed by atoms with van der Waals surface area (Å²) in [6, 6.07) is 8.99. The van der Waals surface area contributed by atoms with Crippen LogP contribution >= 0.6 is 0 Å². The molecule has 1 saturated carbocycles. The summed E-state index contributed by atoms with van der Waals surface area (Å²) in [7, 11) is 0. The molecule has 2 aliphatic heterocycles. The molecule has 0 unspecified atom stereocenters. The number of aromatic nitrogens is 1. The monoisotopic (exact) mass is 397 g/mol. The third-order valence-electron chi connectivity index (χ3n) is 6.89. The average molecular weight is 397 g/mol. The first-order valence-electron chi connectivity index (χ1n) is 10.5. The largest absolute Gasteiger partial charge is 0.391 e. The Hall–Kier alpha value is -2.22. The second-order valence-electron chi connectivity index (χ2n) is 8.58. The Bertz CT molecular complexity index is 968. The fraction of sp³-hybridized carbons (Fsp3) is 0.545. The van der Waals surface area contributed by atoms with Gasteiger partial charge in [0.1, 0.15) is 0 Å². The number of benzene rings is 1. The van der Waals surface area contributed by atoms with Crippen LogP contribution in [-0.4, -0.2) is 77.3 Å². The number of nitrogens with zero attached hydrogens (tertiary/aromatic N) is 2. The number of morpholine rings is 1. The maximum absolute atomic E-state index is 13.3. The van der Waals surface area contributed by atoms with Gasteiger partial charge in [0.25, 0.3) is 5.91 Å². The zero-order valence-electron chi connectivity index (χ0n) is 16.4. The van der Waals surface area contributed by atoms with Crippen molar-refractivity contribution in [1.82, 2.24) is 14.8 Å². The standard InChI is InChI=1S/C22H27N3O4/c26-20-10-15-13-25(12-14(15)9-19(20)24-5-7-29-8-6-24)22(28)17-11-21(27)23-18-4-2-1-3-16(17)18/h1-4,11,14-15,19-20,26H,5-10,12-13H2,(H,23,27)/t14-,15+,19-,20-/m1/s1. The number of amides is 1. The van der Waals surface area contributed by atoms with Crippen LogP contribution in [0.2, 0.25) is 0 Å². The topological polar surface area (TPSA) is 85.9 Å². The minimum Gasteiger partial charge on any atom is -0.391 e. The highest BCUT2D eigenvalue weighted by Crippen LogP contribution is 2.39. The van der Waals surface area contributed by atoms with Crippen LogP contribution < -0.4 is 5.56 Å². The van der Waals surface area contributed by atoms with Crippen LogP contribution in [0.1, 0.15) is 23.2 Å². The number of para-hydroxylation sites is 1. The molecule has 5 rings (SSSR count). The molecule has 0 spiro atoms. The number of pyridine rings is 1. The third kappa shape index (κ3) is 3.47. The smallest absolute Gasteiger partial charge is 0.254 e. The number of aromatic amines is 1. The van der Waals surface area contributed by atoms with Gasteiger partial charge >= 0.3 is 0 Å². The van der Waals surface area contributed by atoms with Crippen molar-refractivity contribution < 1.29 is 14.6 Å². The molecule has 1 aromatic heterocycles. The average Bonchev–Trinajstić information content (AvgIpc) is 3.15. The third-order valence-corrected chi connectivity index (χ3v) is 6.89. The first kappa shape index (κ1) is 18.8. The number of ether oxygens (including phenoxy) is 1. The number of likely N-dealkylation sites (tertiary alicyclic amines) is 1. The molecule has 2 saturated heterocycles. The van der Waals surface area contributed by atoms with Crippen molar-refractivity contribution in [2.24, 2.45) is 11.8 Å². The highest BCUT2D eigenvalue weighted by Gasteiger charge is 2.45. The molecule has 1 amide bonds. The number of hydrogen-bond donors (Lipinski definition) is 2. The number of aliphatic hydroxyl groups is 1. The summed E-state index contributed by atoms with van der Waals surface area (Å²) in [5, 5.41) is 11.5. The molecular formula is C22H27N3O4. The zero-order chi connectivity index (χ0) is 20.0. The Balaban J connectivity index is 1.36. The van der Waals surface area contributed by atoms with Crippen LogP contribution in [0.15, 0.2) is 35.1 Å². The zero-order valence-corrected chi connectivity index (χ0v) is 16.4. The van der Waals surface area contributed by atoms with E-state index in [0.717, 1.165) is 44.5 Å². The van der Waals surface area contributed by atoms with E-state index in [1.54, 1.807) is 0 Å². The van der Waals surface area contributed by atoms with Gasteiger partial charge in [0, 0.05) is 49.2 Å². The molecule has 0 bridgehead atoms. The summed E-state index contributed by atoms with van der Waals surface area (Å²) in [6.45, 7) is 4.51. The Kier molecular flexibility index (Phi) is 4.89. The van der Waals surface area contributed by atoms with E-state index in [4.69, 9.17) is 4.74 Å². The van der Waals surface area contributed by atoms with Crippen molar-refractivity contribution in [3.63, 3.8) is 0 Å². The van der Waals surface area contributed by atoms with E-state index < -0.39 is 0 Å². The van der Waals surface area contributed by atoms with E-state index in [1.807, 2.05) is 29.2 Å². The van der Waals surface area contributed by atoms with Crippen molar-refractivity contribution >= 4 is 16.8 Å². The normalized spacial score (nSPS) is 30.4. The molecule has 29 heavy (non-hydrogen) atoms. The van der Waals surface area contributed by atoms with Gasteiger partial charge in [-0.3, -0.25) is 14.5 Å². The molecule has 154 valence electrons. The molecule has 7 nitrogen and oxygen atoms in total. The number of carbonyl (C=O) groups excluding carboxylic acids is 1. The number of H-pyrrole nitrogens is 1. The van der Waals surface area contributed by atoms with Crippen molar-refractivity contribution in [2.75, 3.05) is 39.4 Å². The van der Waals surface area contributed by atoms with Crippen molar-refractivity contribution in [3.8, 4) is 0 Å². The number of nitrogens with one attached hydrogen (secondary N) is 1. The molecule has 1 aliphatic carbocycles. The summed E-state index contributed by atoms with van der Waals surface area (Å²) in [5.74, 6) is 0.627. The lowest BCUT2D eigenvalue weighted by Gasteiger charge is -2.43. The highest BCUT2D eigenvalue weighted by molar-refractivity contribution is 6.06. The van der Waals surface area contributed by atoms with E-state index in [9.17, 15) is 14.7 Å². The van der Waals surface area contributed by atoms with Crippen LogP contribution in [0.5, 0.6) is 0 Å². The molecule has 0 radical (unpaired) electrons. The number of aliphatic hydroxyl groups excluding tert-OH is 1. The maximum atomic E-state index is 13.3. The summed E-state index contributed by atoms with van der Waals surface area (Å²) in [6.07, 6.45) is 1.28. The second kappa shape index (κ2) is 7.55. The van der Waals surface area contributed by atoms with Crippen LogP contribution in [0, 0.1) is 11.8 Å². The van der Waals surface area contributed by atoms with Gasteiger partial charge in [-0.1, -0.05) is 18.2 Å². The molecule has 3 fully saturated rings. The molecular weight excluding hydrogens is 370 g/mol. The van der Waals surface area contributed by atoms with Gasteiger partial charge in [-0.25, -0.2) is 0 Å². The second-order valence-corrected chi connectivity index (χ2v) is 8.58. The van der Waals surface area contributed by atoms with Gasteiger partial charge in [0.15, 0.2) is 0 Å². The van der Waals surface area contributed by atoms with E-state index in [1.165, 1.54) is 6.07 Å². The Morgan fingerprint density at radius 1 is 1.10 bits per heavy atom. The number of carbonyl (C=O) groups is 1. The first-order chi connectivity index (χ1) is 14.1. The SMILES string of the molecule is O=C(c1cc(=O)[nH]c2ccccc12)N1C[C@H]2C[C@@H](N3CCOCC3)[C@H](O)C[C@H]2C1. The summed E-state index contributed by atoms with van der Waals surface area (Å²) < 4.78 is 5.45. The molecule has 2 aromatic rings. The van der Waals surface area contributed by atoms with E-state index >= 15 is 0 Å². The number of rotatable bonds is 2. The lowest BCUT2D eigenvalue weighted by molar-refractivity contribution is -0.0520. The van der Waals surface area contributed by atoms with E-state index in [2.05, 4.69) is 9.88 Å². The first-order valence-corrected chi connectivity index (χ1v) is 10.5. The minimum absolute atomic E-state index is 0.0842. The molecule has 4 atom stereocenters. The Morgan fingerprint density at radius 2 is 1.83 bits per heavy atom. The number of fused-ring (bicyclic) bond motifs is 2. The predicted octanol–water partition coefficient (Wildman–Crippen LogP) is 1.07. The summed E-state index contributed by atoms with van der Waals surface area (Å²) in [4.78, 5) is 32.4. The van der Waals surface area contributed by atoms with Gasteiger partial charge in [-0.15, -0.1) is 0 Å². The molecule has 3 heterocycles. The van der Waals surface area contributed by atoms with Gasteiger partial charge in [0.05, 0.1) is 24.9 Å². The van der Waals surface area contributed by atoms with Crippen molar-refractivity contribution in [2.45, 2.75) is 25.0 Å². The highest BCUT2D eigenvalue weighted by atomic mass is 16.5. The summed E-state index contributed by atoms with van der Waals surface area (Å²) >= 11 is 0. The van der Waals surface area contributed by atoms with Crippen LogP contribution in [0.25, 0.3) is 10.9 Å². The number of hydrogen-bond acceptors (Lipinski definition) is 5. The van der Waals surface area contributed by atoms with Crippen molar-refractivity contribution in [3.05, 3.63) is 46.2 Å². The van der Waals surface area contributed by atoms with E-state index in [-0.39, 0.29) is 23.6 Å². The summed E-state index contributed by atoms with van der Waals surface area (Å²) in [5.41, 5.74) is 0.891. The fourth-order valence-corrected chi connectivity index (χ4v) is 5.43. The maximum Gasteiger partial charge on any atom is 0.254 e. The van der Waals surface area contributed by atoms with Crippen LogP contribution in [0.3, 0.4) is 0 Å². The van der Waals surface area contributed by atoms with Gasteiger partial charge < -0.3 is 19.7 Å². The van der Waals surface area contributed by atoms with Gasteiger partial charge in [0.2, 0.25) is 5.56 Å². The van der Waals surface area contributed by atoms with Crippen LogP contribution in [-0.2, 0) is 4.74 Å². The lowest BCUT2D eigenvalue weighted by atomic mass is 9.77. The predicted molar refractivity (Wildman–Crippen MR) is 109 cm³/mol. The molecule has 2 N–H and O–H groups in total. The molecule has 3 aliphatic rings. The van der Waals surface area contributed by atoms with Crippen LogP contribution in [0.4, 0.5) is 0 Å². The molecule has 1 aromatic carbocycles. The Morgan fingerprint density at radius 3 is 2.62 bits per heavy atom. The van der Waals surface area contributed by atoms with Gasteiger partial charge in [-0.2, -0.15) is 0 Å². The van der Waals surface area contributed by atoms with Gasteiger partial charge in [-0.05, 0) is 30.7 Å². The lowest BCUT2D eigenvalue weighted by Crippen LogP contribution is -2.53. The van der Waals surface area contributed by atoms with Crippen molar-refractivity contribution in [1.29, 1.82) is 0 Å². The minimum atomic E-state index is -0.357. The molecule has 7 heteroatoms. The Labute approximate surface area is 169 Å².